The predicted molar refractivity (Wildman–Crippen MR) is 76.3 cm³/mol. The van der Waals surface area contributed by atoms with E-state index in [1.807, 2.05) is 6.92 Å². The summed E-state index contributed by atoms with van der Waals surface area (Å²) < 4.78 is 4.77. The third-order valence-corrected chi connectivity index (χ3v) is 5.50. The fraction of sp³-hybridized carbons (Fsp3) is 0.636. The molecule has 2 atom stereocenters. The van der Waals surface area contributed by atoms with Gasteiger partial charge in [-0.3, -0.25) is 0 Å². The van der Waals surface area contributed by atoms with Gasteiger partial charge in [-0.05, 0) is 0 Å². The molecule has 0 spiro atoms. The second-order valence-electron chi connectivity index (χ2n) is 4.83. The molecule has 1 amide bonds. The van der Waals surface area contributed by atoms with Gasteiger partial charge < -0.3 is 0 Å². The van der Waals surface area contributed by atoms with Crippen molar-refractivity contribution in [2.75, 3.05) is 26.2 Å². The first kappa shape index (κ1) is 13.8. The summed E-state index contributed by atoms with van der Waals surface area (Å²) in [6.45, 7) is 6.16. The number of nitrogens with one attached hydrogen (secondary N) is 1. The molecule has 0 aliphatic carbocycles. The average molecular weight is 290 g/mol. The number of ether oxygens (including phenoxy) is 1. The first-order chi connectivity index (χ1) is 8.47. The Bertz CT molecular complexity index is 425. The number of carbonyl (C=O) groups is 2. The summed E-state index contributed by atoms with van der Waals surface area (Å²) in [5.74, 6) is 0.357. The Labute approximate surface area is 112 Å². The van der Waals surface area contributed by atoms with Crippen LogP contribution in [0.1, 0.15) is 6.92 Å². The summed E-state index contributed by atoms with van der Waals surface area (Å²) in [5, 5.41) is 3.42. The number of fused-ring (bicyclic) bond motifs is 1. The number of hydrogen-bond acceptors (Lipinski definition) is 5. The first-order valence-corrected chi connectivity index (χ1v) is 9.89. The molecule has 0 bridgehead atoms. The Hall–Kier alpha value is -0.580. The summed E-state index contributed by atoms with van der Waals surface area (Å²) in [6, 6.07) is -0.130. The molecule has 2 heterocycles. The molecule has 1 N–H and O–H groups in total. The van der Waals surface area contributed by atoms with E-state index in [2.05, 4.69) is 18.4 Å². The number of thioether (sulfide) groups is 1. The fourth-order valence-electron chi connectivity index (χ4n) is 2.24. The molecule has 2 aliphatic heterocycles. The van der Waals surface area contributed by atoms with Crippen molar-refractivity contribution in [2.45, 2.75) is 18.3 Å². The molecule has 1 fully saturated rings. The molecular formula is C11H19N2O3PS. The zero-order valence-corrected chi connectivity index (χ0v) is 13.0. The van der Waals surface area contributed by atoms with Gasteiger partial charge in [-0.15, -0.1) is 0 Å². The van der Waals surface area contributed by atoms with E-state index in [1.165, 1.54) is 7.11 Å². The normalized spacial score (nSPS) is 27.7. The van der Waals surface area contributed by atoms with Crippen LogP contribution in [0.5, 0.6) is 0 Å². The Kier molecular flexibility index (Phi) is 3.99. The van der Waals surface area contributed by atoms with Crippen molar-refractivity contribution in [3.63, 3.8) is 0 Å². The monoisotopic (exact) mass is 290 g/mol. The van der Waals surface area contributed by atoms with Gasteiger partial charge in [0.2, 0.25) is 0 Å². The maximum absolute atomic E-state index is 12.1. The number of carbonyl (C=O) groups excluding carboxylic acids is 2. The van der Waals surface area contributed by atoms with Crippen molar-refractivity contribution in [1.82, 2.24) is 9.99 Å². The van der Waals surface area contributed by atoms with Gasteiger partial charge in [-0.25, -0.2) is 0 Å². The zero-order chi connectivity index (χ0) is 13.4. The maximum atomic E-state index is 12.1. The van der Waals surface area contributed by atoms with Crippen LogP contribution < -0.4 is 5.09 Å². The standard InChI is InChI=1S/C11H19N2O3PS/c1-6-5-18-10-7(12-17(3)4)9(14)13(10)8(6)11(15)16-2/h7,10,12H,5,17H2,1-4H3/t7-,10+/m1/s1. The second-order valence-corrected chi connectivity index (χ2v) is 8.58. The predicted octanol–water partition coefficient (Wildman–Crippen LogP) is 0.428. The van der Waals surface area contributed by atoms with E-state index in [0.29, 0.717) is 5.70 Å². The van der Waals surface area contributed by atoms with Crippen LogP contribution in [0.4, 0.5) is 0 Å². The van der Waals surface area contributed by atoms with Crippen LogP contribution in [0.3, 0.4) is 0 Å². The number of nitrogens with zero attached hydrogens (tertiary/aromatic N) is 1. The number of rotatable bonds is 3. The van der Waals surface area contributed by atoms with E-state index < -0.39 is 14.0 Å². The minimum absolute atomic E-state index is 0.00634. The van der Waals surface area contributed by atoms with Crippen LogP contribution in [0.15, 0.2) is 11.3 Å². The zero-order valence-electron chi connectivity index (χ0n) is 11.0. The van der Waals surface area contributed by atoms with Gasteiger partial charge in [0.15, 0.2) is 0 Å². The Morgan fingerprint density at radius 1 is 1.56 bits per heavy atom. The summed E-state index contributed by atoms with van der Waals surface area (Å²) in [4.78, 5) is 25.5. The molecule has 5 nitrogen and oxygen atoms in total. The molecule has 0 aromatic carbocycles. The van der Waals surface area contributed by atoms with E-state index in [9.17, 15) is 9.59 Å². The van der Waals surface area contributed by atoms with Crippen molar-refractivity contribution in [2.24, 2.45) is 0 Å². The van der Waals surface area contributed by atoms with Crippen LogP contribution >= 0.6 is 19.8 Å². The summed E-state index contributed by atoms with van der Waals surface area (Å²) in [6.07, 6.45) is 0. The summed E-state index contributed by atoms with van der Waals surface area (Å²) >= 11 is 1.71. The minimum atomic E-state index is -1.01. The van der Waals surface area contributed by atoms with E-state index in [-0.39, 0.29) is 17.3 Å². The van der Waals surface area contributed by atoms with Gasteiger partial charge in [0.05, 0.1) is 0 Å². The van der Waals surface area contributed by atoms with Crippen LogP contribution in [0.25, 0.3) is 0 Å². The van der Waals surface area contributed by atoms with Gasteiger partial charge in [-0.1, -0.05) is 0 Å². The number of β-lactam (4-membered cyclic amide) rings is 1. The van der Waals surface area contributed by atoms with Crippen LogP contribution in [0, 0.1) is 0 Å². The van der Waals surface area contributed by atoms with Crippen molar-refractivity contribution in [3.05, 3.63) is 11.3 Å². The number of amides is 1. The third-order valence-electron chi connectivity index (χ3n) is 3.05. The summed E-state index contributed by atoms with van der Waals surface area (Å²) in [5.41, 5.74) is 1.35. The van der Waals surface area contributed by atoms with E-state index in [4.69, 9.17) is 4.74 Å². The van der Waals surface area contributed by atoms with Crippen molar-refractivity contribution >= 4 is 31.7 Å². The van der Waals surface area contributed by atoms with Gasteiger partial charge in [0, 0.05) is 0 Å². The Morgan fingerprint density at radius 3 is 2.78 bits per heavy atom. The average Bonchev–Trinajstić information content (AvgIpc) is 2.34. The quantitative estimate of drug-likeness (QED) is 0.464. The SMILES string of the molecule is COC(=O)C1=C(C)CS[C@H]2[C@H](N[PH2](C)C)C(=O)N12. The van der Waals surface area contributed by atoms with E-state index in [0.717, 1.165) is 11.3 Å². The molecule has 102 valence electrons. The molecule has 18 heavy (non-hydrogen) atoms. The molecule has 0 aromatic heterocycles. The molecule has 1 saturated heterocycles. The molecule has 0 radical (unpaired) electrons. The molecule has 0 unspecified atom stereocenters. The molecule has 0 aromatic rings. The Balaban J connectivity index is 2.21. The Morgan fingerprint density at radius 2 is 2.22 bits per heavy atom. The van der Waals surface area contributed by atoms with Crippen molar-refractivity contribution in [3.8, 4) is 0 Å². The topological polar surface area (TPSA) is 58.6 Å². The van der Waals surface area contributed by atoms with E-state index in [1.54, 1.807) is 16.7 Å². The summed E-state index contributed by atoms with van der Waals surface area (Å²) in [7, 11) is 0.337. The third kappa shape index (κ3) is 2.17. The van der Waals surface area contributed by atoms with Crippen LogP contribution in [0.2, 0.25) is 0 Å². The number of methoxy groups -OCH3 is 1. The molecule has 2 rings (SSSR count). The van der Waals surface area contributed by atoms with Gasteiger partial charge >= 0.3 is 112 Å². The number of esters is 1. The number of hydrogen-bond donors (Lipinski definition) is 1. The van der Waals surface area contributed by atoms with Crippen LogP contribution in [-0.4, -0.2) is 54.4 Å². The van der Waals surface area contributed by atoms with Gasteiger partial charge in [-0.2, -0.15) is 0 Å². The molecule has 0 saturated carbocycles. The van der Waals surface area contributed by atoms with Crippen molar-refractivity contribution in [1.29, 1.82) is 0 Å². The van der Waals surface area contributed by atoms with Crippen molar-refractivity contribution < 1.29 is 14.3 Å². The molecule has 2 aliphatic rings. The van der Waals surface area contributed by atoms with Gasteiger partial charge in [0.1, 0.15) is 0 Å². The fourth-order valence-corrected chi connectivity index (χ4v) is 4.72. The van der Waals surface area contributed by atoms with E-state index >= 15 is 0 Å². The van der Waals surface area contributed by atoms with Gasteiger partial charge in [0.25, 0.3) is 0 Å². The van der Waals surface area contributed by atoms with Crippen LogP contribution in [-0.2, 0) is 14.3 Å². The molecule has 7 heteroatoms. The second kappa shape index (κ2) is 5.19. The molecular weight excluding hydrogens is 271 g/mol. The first-order valence-electron chi connectivity index (χ1n) is 5.96.